The van der Waals surface area contributed by atoms with Crippen molar-refractivity contribution < 1.29 is 0 Å². The van der Waals surface area contributed by atoms with Crippen LogP contribution in [0.15, 0.2) is 24.5 Å². The SMILES string of the molecule is CCCNC(Cc1ccncc1)CC1CC1. The smallest absolute Gasteiger partial charge is 0.0270 e. The van der Waals surface area contributed by atoms with Gasteiger partial charge >= 0.3 is 0 Å². The highest BCUT2D eigenvalue weighted by molar-refractivity contribution is 5.11. The van der Waals surface area contributed by atoms with Crippen LogP contribution in [0.5, 0.6) is 0 Å². The standard InChI is InChI=1S/C14H22N2/c1-2-7-16-14(10-12-3-4-12)11-13-5-8-15-9-6-13/h5-6,8-9,12,14,16H,2-4,7,10-11H2,1H3. The van der Waals surface area contributed by atoms with Crippen molar-refractivity contribution in [1.82, 2.24) is 10.3 Å². The fraction of sp³-hybridized carbons (Fsp3) is 0.643. The molecule has 1 saturated carbocycles. The van der Waals surface area contributed by atoms with Gasteiger partial charge in [0.1, 0.15) is 0 Å². The van der Waals surface area contributed by atoms with Crippen molar-refractivity contribution in [2.24, 2.45) is 5.92 Å². The molecule has 0 bridgehead atoms. The first-order chi connectivity index (χ1) is 7.88. The number of hydrogen-bond donors (Lipinski definition) is 1. The van der Waals surface area contributed by atoms with Crippen molar-refractivity contribution in [2.75, 3.05) is 6.54 Å². The monoisotopic (exact) mass is 218 g/mol. The Kier molecular flexibility index (Phi) is 4.34. The number of nitrogens with zero attached hydrogens (tertiary/aromatic N) is 1. The molecule has 1 unspecified atom stereocenters. The van der Waals surface area contributed by atoms with E-state index in [2.05, 4.69) is 29.4 Å². The largest absolute Gasteiger partial charge is 0.314 e. The van der Waals surface area contributed by atoms with Gasteiger partial charge in [0.15, 0.2) is 0 Å². The van der Waals surface area contributed by atoms with Crippen LogP contribution in [0.4, 0.5) is 0 Å². The van der Waals surface area contributed by atoms with E-state index in [0.717, 1.165) is 18.9 Å². The van der Waals surface area contributed by atoms with E-state index >= 15 is 0 Å². The molecule has 2 heteroatoms. The Hall–Kier alpha value is -0.890. The second kappa shape index (κ2) is 6.00. The number of nitrogens with one attached hydrogen (secondary N) is 1. The van der Waals surface area contributed by atoms with E-state index in [9.17, 15) is 0 Å². The highest BCUT2D eigenvalue weighted by atomic mass is 14.9. The Labute approximate surface area is 98.5 Å². The summed E-state index contributed by atoms with van der Waals surface area (Å²) < 4.78 is 0. The molecule has 1 aromatic rings. The first-order valence-corrected chi connectivity index (χ1v) is 6.50. The van der Waals surface area contributed by atoms with Crippen LogP contribution >= 0.6 is 0 Å². The topological polar surface area (TPSA) is 24.9 Å². The van der Waals surface area contributed by atoms with E-state index in [1.807, 2.05) is 12.4 Å². The summed E-state index contributed by atoms with van der Waals surface area (Å²) in [6, 6.07) is 4.93. The average molecular weight is 218 g/mol. The number of aromatic nitrogens is 1. The maximum absolute atomic E-state index is 4.07. The van der Waals surface area contributed by atoms with Gasteiger partial charge in [0.05, 0.1) is 0 Å². The highest BCUT2D eigenvalue weighted by Crippen LogP contribution is 2.34. The number of pyridine rings is 1. The molecule has 1 N–H and O–H groups in total. The van der Waals surface area contributed by atoms with Crippen molar-refractivity contribution in [3.8, 4) is 0 Å². The van der Waals surface area contributed by atoms with Gasteiger partial charge in [-0.3, -0.25) is 4.98 Å². The van der Waals surface area contributed by atoms with Gasteiger partial charge in [-0.25, -0.2) is 0 Å². The quantitative estimate of drug-likeness (QED) is 0.761. The molecule has 0 aliphatic heterocycles. The predicted molar refractivity (Wildman–Crippen MR) is 67.4 cm³/mol. The molecule has 0 radical (unpaired) electrons. The molecule has 0 saturated heterocycles. The average Bonchev–Trinajstić information content (AvgIpc) is 3.11. The molecule has 16 heavy (non-hydrogen) atoms. The molecule has 1 aliphatic carbocycles. The summed E-state index contributed by atoms with van der Waals surface area (Å²) in [4.78, 5) is 4.07. The van der Waals surface area contributed by atoms with Gasteiger partial charge in [0.25, 0.3) is 0 Å². The predicted octanol–water partition coefficient (Wildman–Crippen LogP) is 2.79. The molecule has 1 aliphatic rings. The van der Waals surface area contributed by atoms with E-state index < -0.39 is 0 Å². The Morgan fingerprint density at radius 3 is 2.75 bits per heavy atom. The second-order valence-electron chi connectivity index (χ2n) is 4.89. The van der Waals surface area contributed by atoms with Crippen LogP contribution < -0.4 is 5.32 Å². The van der Waals surface area contributed by atoms with Gasteiger partial charge in [-0.05, 0) is 49.4 Å². The van der Waals surface area contributed by atoms with Crippen molar-refractivity contribution >= 4 is 0 Å². The van der Waals surface area contributed by atoms with Gasteiger partial charge in [-0.2, -0.15) is 0 Å². The summed E-state index contributed by atoms with van der Waals surface area (Å²) in [5, 5.41) is 3.67. The molecule has 0 spiro atoms. The lowest BCUT2D eigenvalue weighted by Gasteiger charge is -2.18. The second-order valence-corrected chi connectivity index (χ2v) is 4.89. The number of rotatable bonds is 7. The summed E-state index contributed by atoms with van der Waals surface area (Å²) >= 11 is 0. The minimum absolute atomic E-state index is 0.662. The molecular formula is C14H22N2. The van der Waals surface area contributed by atoms with Crippen LogP contribution in [-0.4, -0.2) is 17.6 Å². The number of hydrogen-bond acceptors (Lipinski definition) is 2. The van der Waals surface area contributed by atoms with E-state index in [0.29, 0.717) is 6.04 Å². The molecule has 1 heterocycles. The fourth-order valence-electron chi connectivity index (χ4n) is 2.15. The van der Waals surface area contributed by atoms with E-state index in [1.54, 1.807) is 0 Å². The van der Waals surface area contributed by atoms with Crippen LogP contribution in [0.2, 0.25) is 0 Å². The molecule has 1 atom stereocenters. The summed E-state index contributed by atoms with van der Waals surface area (Å²) in [7, 11) is 0. The highest BCUT2D eigenvalue weighted by Gasteiger charge is 2.25. The van der Waals surface area contributed by atoms with Crippen LogP contribution in [0.25, 0.3) is 0 Å². The molecule has 2 nitrogen and oxygen atoms in total. The first-order valence-electron chi connectivity index (χ1n) is 6.50. The molecule has 0 amide bonds. The van der Waals surface area contributed by atoms with Gasteiger partial charge in [-0.15, -0.1) is 0 Å². The van der Waals surface area contributed by atoms with Crippen molar-refractivity contribution in [3.63, 3.8) is 0 Å². The lowest BCUT2D eigenvalue weighted by molar-refractivity contribution is 0.455. The first kappa shape index (κ1) is 11.6. The summed E-state index contributed by atoms with van der Waals surface area (Å²) in [5.41, 5.74) is 1.41. The van der Waals surface area contributed by atoms with Crippen LogP contribution in [0, 0.1) is 5.92 Å². The molecule has 1 fully saturated rings. The Balaban J connectivity index is 1.84. The fourth-order valence-corrected chi connectivity index (χ4v) is 2.15. The summed E-state index contributed by atoms with van der Waals surface area (Å²) in [6.45, 7) is 3.37. The minimum Gasteiger partial charge on any atom is -0.314 e. The summed E-state index contributed by atoms with van der Waals surface area (Å²) in [6.07, 6.45) is 10.4. The lowest BCUT2D eigenvalue weighted by atomic mass is 10.0. The minimum atomic E-state index is 0.662. The third-order valence-corrected chi connectivity index (χ3v) is 3.23. The third-order valence-electron chi connectivity index (χ3n) is 3.23. The molecule has 88 valence electrons. The molecule has 0 aromatic carbocycles. The van der Waals surface area contributed by atoms with Crippen LogP contribution in [0.1, 0.15) is 38.2 Å². The Morgan fingerprint density at radius 2 is 2.12 bits per heavy atom. The molecular weight excluding hydrogens is 196 g/mol. The van der Waals surface area contributed by atoms with Gasteiger partial charge in [0.2, 0.25) is 0 Å². The maximum atomic E-state index is 4.07. The third kappa shape index (κ3) is 3.93. The molecule has 2 rings (SSSR count). The van der Waals surface area contributed by atoms with Crippen molar-refractivity contribution in [3.05, 3.63) is 30.1 Å². The van der Waals surface area contributed by atoms with E-state index in [4.69, 9.17) is 0 Å². The van der Waals surface area contributed by atoms with Crippen LogP contribution in [0.3, 0.4) is 0 Å². The van der Waals surface area contributed by atoms with Gasteiger partial charge in [0, 0.05) is 18.4 Å². The van der Waals surface area contributed by atoms with Crippen molar-refractivity contribution in [2.45, 2.75) is 45.1 Å². The maximum Gasteiger partial charge on any atom is 0.0270 e. The summed E-state index contributed by atoms with van der Waals surface area (Å²) in [5.74, 6) is 0.996. The zero-order chi connectivity index (χ0) is 11.2. The lowest BCUT2D eigenvalue weighted by Crippen LogP contribution is -2.32. The van der Waals surface area contributed by atoms with Crippen LogP contribution in [-0.2, 0) is 6.42 Å². The van der Waals surface area contributed by atoms with Gasteiger partial charge in [-0.1, -0.05) is 19.8 Å². The van der Waals surface area contributed by atoms with E-state index in [1.165, 1.54) is 31.2 Å². The molecule has 1 aromatic heterocycles. The van der Waals surface area contributed by atoms with Gasteiger partial charge < -0.3 is 5.32 Å². The zero-order valence-electron chi connectivity index (χ0n) is 10.2. The normalized spacial score (nSPS) is 17.3. The van der Waals surface area contributed by atoms with E-state index in [-0.39, 0.29) is 0 Å². The zero-order valence-corrected chi connectivity index (χ0v) is 10.2. The Bertz CT molecular complexity index is 293. The Morgan fingerprint density at radius 1 is 1.38 bits per heavy atom. The van der Waals surface area contributed by atoms with Crippen molar-refractivity contribution in [1.29, 1.82) is 0 Å².